The van der Waals surface area contributed by atoms with Crippen LogP contribution in [0.4, 0.5) is 0 Å². The summed E-state index contributed by atoms with van der Waals surface area (Å²) in [5.74, 6) is 0.194. The first kappa shape index (κ1) is 16.9. The standard InChI is InChI=1S/C15H23BrN2O2S/c1-3-21(19,20)18-9-7-15(8-10-18)17-12(2)13-5-4-6-14(16)11-13/h4-6,11-12,15,17H,3,7-10H2,1-2H3. The van der Waals surface area contributed by atoms with Gasteiger partial charge in [0.25, 0.3) is 0 Å². The van der Waals surface area contributed by atoms with Crippen molar-refractivity contribution >= 4 is 26.0 Å². The van der Waals surface area contributed by atoms with Gasteiger partial charge in [0.1, 0.15) is 0 Å². The minimum Gasteiger partial charge on any atom is -0.307 e. The molecule has 0 aliphatic carbocycles. The van der Waals surface area contributed by atoms with E-state index >= 15 is 0 Å². The van der Waals surface area contributed by atoms with Gasteiger partial charge in [0.2, 0.25) is 10.0 Å². The second-order valence-corrected chi connectivity index (χ2v) is 8.69. The zero-order chi connectivity index (χ0) is 15.5. The molecule has 1 aliphatic heterocycles. The van der Waals surface area contributed by atoms with Gasteiger partial charge < -0.3 is 5.32 Å². The van der Waals surface area contributed by atoms with Crippen LogP contribution in [0.5, 0.6) is 0 Å². The molecule has 0 aromatic heterocycles. The summed E-state index contributed by atoms with van der Waals surface area (Å²) in [5.41, 5.74) is 1.24. The number of sulfonamides is 1. The molecule has 1 fully saturated rings. The van der Waals surface area contributed by atoms with Crippen molar-refractivity contribution in [2.24, 2.45) is 0 Å². The number of nitrogens with zero attached hydrogens (tertiary/aromatic N) is 1. The predicted molar refractivity (Wildman–Crippen MR) is 89.7 cm³/mol. The van der Waals surface area contributed by atoms with Crippen molar-refractivity contribution in [3.8, 4) is 0 Å². The molecule has 1 saturated heterocycles. The van der Waals surface area contributed by atoms with Gasteiger partial charge in [0, 0.05) is 29.6 Å². The molecule has 1 heterocycles. The Morgan fingerprint density at radius 2 is 2.05 bits per heavy atom. The van der Waals surface area contributed by atoms with E-state index in [0.29, 0.717) is 19.1 Å². The predicted octanol–water partition coefficient (Wildman–Crippen LogP) is 2.91. The summed E-state index contributed by atoms with van der Waals surface area (Å²) in [5, 5.41) is 3.61. The number of halogens is 1. The molecule has 21 heavy (non-hydrogen) atoms. The Bertz CT molecular complexity index is 569. The van der Waals surface area contributed by atoms with E-state index in [1.54, 1.807) is 11.2 Å². The van der Waals surface area contributed by atoms with E-state index in [9.17, 15) is 8.42 Å². The maximum atomic E-state index is 11.8. The summed E-state index contributed by atoms with van der Waals surface area (Å²) in [7, 11) is -3.03. The number of piperidine rings is 1. The monoisotopic (exact) mass is 374 g/mol. The summed E-state index contributed by atoms with van der Waals surface area (Å²) in [6, 6.07) is 8.93. The molecule has 1 unspecified atom stereocenters. The van der Waals surface area contributed by atoms with E-state index in [0.717, 1.165) is 17.3 Å². The van der Waals surface area contributed by atoms with Gasteiger partial charge in [-0.15, -0.1) is 0 Å². The van der Waals surface area contributed by atoms with E-state index in [2.05, 4.69) is 40.3 Å². The molecule has 0 radical (unpaired) electrons. The second-order valence-electron chi connectivity index (χ2n) is 5.52. The molecule has 1 aromatic rings. The highest BCUT2D eigenvalue weighted by Gasteiger charge is 2.27. The normalized spacial score (nSPS) is 19.6. The van der Waals surface area contributed by atoms with E-state index in [1.807, 2.05) is 12.1 Å². The van der Waals surface area contributed by atoms with Crippen LogP contribution in [0.25, 0.3) is 0 Å². The number of nitrogens with one attached hydrogen (secondary N) is 1. The summed E-state index contributed by atoms with van der Waals surface area (Å²) in [4.78, 5) is 0. The van der Waals surface area contributed by atoms with Crippen molar-refractivity contribution in [2.45, 2.75) is 38.8 Å². The molecule has 1 atom stereocenters. The quantitative estimate of drug-likeness (QED) is 0.861. The Morgan fingerprint density at radius 1 is 1.38 bits per heavy atom. The SMILES string of the molecule is CCS(=O)(=O)N1CCC(NC(C)c2cccc(Br)c2)CC1. The van der Waals surface area contributed by atoms with Gasteiger partial charge in [0.05, 0.1) is 5.75 Å². The van der Waals surface area contributed by atoms with Crippen LogP contribution in [-0.2, 0) is 10.0 Å². The maximum Gasteiger partial charge on any atom is 0.213 e. The minimum absolute atomic E-state index is 0.194. The first-order valence-corrected chi connectivity index (χ1v) is 9.82. The largest absolute Gasteiger partial charge is 0.307 e. The third-order valence-corrected chi connectivity index (χ3v) is 6.42. The van der Waals surface area contributed by atoms with E-state index in [-0.39, 0.29) is 11.8 Å². The van der Waals surface area contributed by atoms with Crippen LogP contribution in [0.2, 0.25) is 0 Å². The Balaban J connectivity index is 1.89. The number of hydrogen-bond donors (Lipinski definition) is 1. The van der Waals surface area contributed by atoms with Crippen molar-refractivity contribution < 1.29 is 8.42 Å². The molecule has 118 valence electrons. The first-order chi connectivity index (χ1) is 9.92. The van der Waals surface area contributed by atoms with Gasteiger partial charge in [-0.1, -0.05) is 28.1 Å². The molecule has 0 saturated carbocycles. The zero-order valence-corrected chi connectivity index (χ0v) is 15.0. The van der Waals surface area contributed by atoms with Gasteiger partial charge in [-0.3, -0.25) is 0 Å². The Morgan fingerprint density at radius 3 is 2.62 bits per heavy atom. The molecule has 6 heteroatoms. The average molecular weight is 375 g/mol. The van der Waals surface area contributed by atoms with Crippen LogP contribution in [-0.4, -0.2) is 37.6 Å². The molecule has 4 nitrogen and oxygen atoms in total. The molecule has 1 aromatic carbocycles. The van der Waals surface area contributed by atoms with Crippen molar-refractivity contribution in [1.29, 1.82) is 0 Å². The molecule has 0 spiro atoms. The lowest BCUT2D eigenvalue weighted by atomic mass is 10.0. The second kappa shape index (κ2) is 7.22. The van der Waals surface area contributed by atoms with Crippen molar-refractivity contribution in [3.63, 3.8) is 0 Å². The number of hydrogen-bond acceptors (Lipinski definition) is 3. The lowest BCUT2D eigenvalue weighted by molar-refractivity contribution is 0.277. The summed E-state index contributed by atoms with van der Waals surface area (Å²) >= 11 is 3.49. The third kappa shape index (κ3) is 4.52. The zero-order valence-electron chi connectivity index (χ0n) is 12.5. The summed E-state index contributed by atoms with van der Waals surface area (Å²) in [6.07, 6.45) is 1.75. The highest BCUT2D eigenvalue weighted by Crippen LogP contribution is 2.21. The van der Waals surface area contributed by atoms with Crippen LogP contribution in [0.1, 0.15) is 38.3 Å². The molecule has 0 bridgehead atoms. The van der Waals surface area contributed by atoms with E-state index in [4.69, 9.17) is 0 Å². The third-order valence-electron chi connectivity index (χ3n) is 4.05. The molecule has 2 rings (SSSR count). The van der Waals surface area contributed by atoms with Gasteiger partial charge in [-0.25, -0.2) is 12.7 Å². The molecular weight excluding hydrogens is 352 g/mol. The van der Waals surface area contributed by atoms with Crippen LogP contribution >= 0.6 is 15.9 Å². The van der Waals surface area contributed by atoms with Gasteiger partial charge in [-0.05, 0) is 44.4 Å². The van der Waals surface area contributed by atoms with Crippen LogP contribution in [0.3, 0.4) is 0 Å². The highest BCUT2D eigenvalue weighted by atomic mass is 79.9. The number of rotatable bonds is 5. The number of benzene rings is 1. The van der Waals surface area contributed by atoms with Crippen LogP contribution in [0, 0.1) is 0 Å². The Hall–Kier alpha value is -0.430. The fourth-order valence-corrected chi connectivity index (χ4v) is 4.26. The smallest absolute Gasteiger partial charge is 0.213 e. The molecule has 0 amide bonds. The Labute approximate surface area is 136 Å². The van der Waals surface area contributed by atoms with E-state index < -0.39 is 10.0 Å². The fraction of sp³-hybridized carbons (Fsp3) is 0.600. The summed E-state index contributed by atoms with van der Waals surface area (Å²) in [6.45, 7) is 5.10. The van der Waals surface area contributed by atoms with Gasteiger partial charge in [0.15, 0.2) is 0 Å². The average Bonchev–Trinajstić information content (AvgIpc) is 2.48. The summed E-state index contributed by atoms with van der Waals surface area (Å²) < 4.78 is 26.4. The minimum atomic E-state index is -3.03. The van der Waals surface area contributed by atoms with Crippen LogP contribution in [0.15, 0.2) is 28.7 Å². The lowest BCUT2D eigenvalue weighted by Crippen LogP contribution is -2.45. The fourth-order valence-electron chi connectivity index (χ4n) is 2.71. The first-order valence-electron chi connectivity index (χ1n) is 7.41. The van der Waals surface area contributed by atoms with Crippen molar-refractivity contribution in [2.75, 3.05) is 18.8 Å². The van der Waals surface area contributed by atoms with Gasteiger partial charge in [-0.2, -0.15) is 0 Å². The van der Waals surface area contributed by atoms with Crippen molar-refractivity contribution in [1.82, 2.24) is 9.62 Å². The maximum absolute atomic E-state index is 11.8. The molecule has 1 aliphatic rings. The van der Waals surface area contributed by atoms with E-state index in [1.165, 1.54) is 5.56 Å². The molecule has 1 N–H and O–H groups in total. The lowest BCUT2D eigenvalue weighted by Gasteiger charge is -2.33. The van der Waals surface area contributed by atoms with Crippen LogP contribution < -0.4 is 5.32 Å². The topological polar surface area (TPSA) is 49.4 Å². The van der Waals surface area contributed by atoms with Crippen molar-refractivity contribution in [3.05, 3.63) is 34.3 Å². The highest BCUT2D eigenvalue weighted by molar-refractivity contribution is 9.10. The molecular formula is C15H23BrN2O2S. The Kier molecular flexibility index (Phi) is 5.82. The van der Waals surface area contributed by atoms with Gasteiger partial charge >= 0.3 is 0 Å².